The lowest BCUT2D eigenvalue weighted by Gasteiger charge is -2.45. The standard InChI is InChI=1S/C14H20BrN3O/c1-17-5-2-3-10-9-18(6-4-13(10)17)14(19)12-7-11(15)8-16-12/h7-8,10,13,16H,2-6,9H2,1H3. The van der Waals surface area contributed by atoms with E-state index in [-0.39, 0.29) is 5.91 Å². The van der Waals surface area contributed by atoms with Crippen molar-refractivity contribution >= 4 is 21.8 Å². The van der Waals surface area contributed by atoms with Crippen LogP contribution in [0.25, 0.3) is 0 Å². The van der Waals surface area contributed by atoms with Gasteiger partial charge in [-0.3, -0.25) is 4.79 Å². The van der Waals surface area contributed by atoms with Crippen LogP contribution in [0.15, 0.2) is 16.7 Å². The van der Waals surface area contributed by atoms with E-state index < -0.39 is 0 Å². The number of halogens is 1. The molecule has 2 atom stereocenters. The normalized spacial score (nSPS) is 28.2. The van der Waals surface area contributed by atoms with Crippen molar-refractivity contribution in [3.05, 3.63) is 22.4 Å². The van der Waals surface area contributed by atoms with E-state index in [2.05, 4.69) is 32.9 Å². The average molecular weight is 326 g/mol. The minimum Gasteiger partial charge on any atom is -0.356 e. The number of amides is 1. The smallest absolute Gasteiger partial charge is 0.270 e. The minimum atomic E-state index is 0.136. The van der Waals surface area contributed by atoms with Crippen LogP contribution in [0.1, 0.15) is 29.8 Å². The van der Waals surface area contributed by atoms with Gasteiger partial charge in [-0.05, 0) is 60.8 Å². The highest BCUT2D eigenvalue weighted by Crippen LogP contribution is 2.30. The Kier molecular flexibility index (Phi) is 3.67. The van der Waals surface area contributed by atoms with Crippen LogP contribution in [-0.4, -0.2) is 53.4 Å². The number of nitrogens with zero attached hydrogens (tertiary/aromatic N) is 2. The molecule has 4 nitrogen and oxygen atoms in total. The maximum Gasteiger partial charge on any atom is 0.270 e. The third kappa shape index (κ3) is 2.58. The van der Waals surface area contributed by atoms with Crippen LogP contribution in [0.3, 0.4) is 0 Å². The Bertz CT molecular complexity index is 473. The zero-order chi connectivity index (χ0) is 13.4. The topological polar surface area (TPSA) is 39.3 Å². The molecular formula is C14H20BrN3O. The highest BCUT2D eigenvalue weighted by molar-refractivity contribution is 9.10. The minimum absolute atomic E-state index is 0.136. The summed E-state index contributed by atoms with van der Waals surface area (Å²) in [5.41, 5.74) is 0.689. The maximum absolute atomic E-state index is 12.4. The van der Waals surface area contributed by atoms with Gasteiger partial charge in [0.1, 0.15) is 5.69 Å². The SMILES string of the molecule is CN1CCCC2CN(C(=O)c3cc(Br)c[nH]3)CCC21. The molecule has 2 fully saturated rings. The summed E-state index contributed by atoms with van der Waals surface area (Å²) in [5.74, 6) is 0.784. The van der Waals surface area contributed by atoms with Crippen molar-refractivity contribution < 1.29 is 4.79 Å². The molecule has 1 amide bonds. The zero-order valence-electron chi connectivity index (χ0n) is 11.2. The summed E-state index contributed by atoms with van der Waals surface area (Å²) in [6, 6.07) is 2.54. The second kappa shape index (κ2) is 5.29. The fourth-order valence-electron chi connectivity index (χ4n) is 3.50. The van der Waals surface area contributed by atoms with Crippen molar-refractivity contribution in [2.24, 2.45) is 5.92 Å². The zero-order valence-corrected chi connectivity index (χ0v) is 12.8. The molecule has 3 rings (SSSR count). The Hall–Kier alpha value is -0.810. The summed E-state index contributed by atoms with van der Waals surface area (Å²) in [5, 5.41) is 0. The predicted molar refractivity (Wildman–Crippen MR) is 78.2 cm³/mol. The van der Waals surface area contributed by atoms with Crippen molar-refractivity contribution in [3.8, 4) is 0 Å². The first-order chi connectivity index (χ1) is 9.15. The maximum atomic E-state index is 12.4. The van der Waals surface area contributed by atoms with Gasteiger partial charge in [0.25, 0.3) is 5.91 Å². The summed E-state index contributed by atoms with van der Waals surface area (Å²) in [6.07, 6.45) is 5.43. The Balaban J connectivity index is 1.69. The van der Waals surface area contributed by atoms with Gasteiger partial charge in [0.15, 0.2) is 0 Å². The first-order valence-corrected chi connectivity index (χ1v) is 7.78. The number of carbonyl (C=O) groups excluding carboxylic acids is 1. The predicted octanol–water partition coefficient (Wildman–Crippen LogP) is 2.33. The van der Waals surface area contributed by atoms with Crippen molar-refractivity contribution in [2.75, 3.05) is 26.7 Å². The molecule has 0 bridgehead atoms. The first kappa shape index (κ1) is 13.2. The third-order valence-electron chi connectivity index (χ3n) is 4.51. The summed E-state index contributed by atoms with van der Waals surface area (Å²) in [7, 11) is 2.22. The number of aromatic amines is 1. The van der Waals surface area contributed by atoms with Crippen molar-refractivity contribution in [1.29, 1.82) is 0 Å². The second-order valence-corrected chi connectivity index (χ2v) is 6.64. The van der Waals surface area contributed by atoms with Gasteiger partial charge < -0.3 is 14.8 Å². The van der Waals surface area contributed by atoms with Gasteiger partial charge in [-0.15, -0.1) is 0 Å². The van der Waals surface area contributed by atoms with E-state index in [4.69, 9.17) is 0 Å². The van der Waals surface area contributed by atoms with E-state index in [0.29, 0.717) is 17.7 Å². The number of likely N-dealkylation sites (tertiary alicyclic amines) is 2. The van der Waals surface area contributed by atoms with Crippen LogP contribution in [-0.2, 0) is 0 Å². The average Bonchev–Trinajstić information content (AvgIpc) is 2.84. The second-order valence-electron chi connectivity index (χ2n) is 5.72. The molecule has 0 spiro atoms. The van der Waals surface area contributed by atoms with Gasteiger partial charge >= 0.3 is 0 Å². The van der Waals surface area contributed by atoms with Gasteiger partial charge in [0.2, 0.25) is 0 Å². The highest BCUT2D eigenvalue weighted by atomic mass is 79.9. The molecule has 2 saturated heterocycles. The van der Waals surface area contributed by atoms with Gasteiger partial charge in [0, 0.05) is 29.8 Å². The monoisotopic (exact) mass is 325 g/mol. The lowest BCUT2D eigenvalue weighted by molar-refractivity contribution is 0.0313. The number of aromatic nitrogens is 1. The van der Waals surface area contributed by atoms with Crippen LogP contribution in [0.2, 0.25) is 0 Å². The molecule has 0 radical (unpaired) electrons. The molecular weight excluding hydrogens is 306 g/mol. The Labute approximate surface area is 122 Å². The molecule has 3 heterocycles. The summed E-state index contributed by atoms with van der Waals surface area (Å²) in [6.45, 7) is 2.99. The number of hydrogen-bond acceptors (Lipinski definition) is 2. The molecule has 2 unspecified atom stereocenters. The van der Waals surface area contributed by atoms with E-state index in [9.17, 15) is 4.79 Å². The van der Waals surface area contributed by atoms with Gasteiger partial charge in [-0.25, -0.2) is 0 Å². The Morgan fingerprint density at radius 3 is 3.00 bits per heavy atom. The number of carbonyl (C=O) groups is 1. The van der Waals surface area contributed by atoms with Crippen LogP contribution in [0, 0.1) is 5.92 Å². The lowest BCUT2D eigenvalue weighted by atomic mass is 9.84. The summed E-state index contributed by atoms with van der Waals surface area (Å²) in [4.78, 5) is 20.0. The molecule has 0 saturated carbocycles. The fraction of sp³-hybridized carbons (Fsp3) is 0.643. The largest absolute Gasteiger partial charge is 0.356 e. The molecule has 104 valence electrons. The number of nitrogens with one attached hydrogen (secondary N) is 1. The Morgan fingerprint density at radius 2 is 2.26 bits per heavy atom. The number of hydrogen-bond donors (Lipinski definition) is 1. The molecule has 2 aliphatic heterocycles. The quantitative estimate of drug-likeness (QED) is 0.860. The number of piperidine rings is 2. The van der Waals surface area contributed by atoms with Crippen molar-refractivity contribution in [1.82, 2.24) is 14.8 Å². The number of fused-ring (bicyclic) bond motifs is 1. The Morgan fingerprint density at radius 1 is 1.42 bits per heavy atom. The first-order valence-electron chi connectivity index (χ1n) is 6.98. The summed E-state index contributed by atoms with van der Waals surface area (Å²) < 4.78 is 0.933. The molecule has 1 N–H and O–H groups in total. The van der Waals surface area contributed by atoms with Gasteiger partial charge in [-0.1, -0.05) is 0 Å². The molecule has 0 aliphatic carbocycles. The lowest BCUT2D eigenvalue weighted by Crippen LogP contribution is -2.53. The van der Waals surface area contributed by atoms with Crippen LogP contribution < -0.4 is 0 Å². The molecule has 1 aromatic heterocycles. The molecule has 2 aliphatic rings. The number of rotatable bonds is 1. The molecule has 19 heavy (non-hydrogen) atoms. The highest BCUT2D eigenvalue weighted by Gasteiger charge is 2.36. The van der Waals surface area contributed by atoms with Crippen molar-refractivity contribution in [2.45, 2.75) is 25.3 Å². The van der Waals surface area contributed by atoms with Crippen LogP contribution in [0.5, 0.6) is 0 Å². The van der Waals surface area contributed by atoms with Crippen LogP contribution >= 0.6 is 15.9 Å². The fourth-order valence-corrected chi connectivity index (χ4v) is 3.84. The van der Waals surface area contributed by atoms with Gasteiger partial charge in [-0.2, -0.15) is 0 Å². The van der Waals surface area contributed by atoms with Crippen molar-refractivity contribution in [3.63, 3.8) is 0 Å². The van der Waals surface area contributed by atoms with E-state index in [1.165, 1.54) is 19.4 Å². The molecule has 1 aromatic rings. The van der Waals surface area contributed by atoms with E-state index in [1.54, 1.807) is 0 Å². The van der Waals surface area contributed by atoms with E-state index in [1.807, 2.05) is 17.2 Å². The van der Waals surface area contributed by atoms with E-state index in [0.717, 1.165) is 24.0 Å². The number of H-pyrrole nitrogens is 1. The third-order valence-corrected chi connectivity index (χ3v) is 4.97. The van der Waals surface area contributed by atoms with Crippen LogP contribution in [0.4, 0.5) is 0 Å². The molecule has 5 heteroatoms. The van der Waals surface area contributed by atoms with Gasteiger partial charge in [0.05, 0.1) is 0 Å². The summed E-state index contributed by atoms with van der Waals surface area (Å²) >= 11 is 3.38. The van der Waals surface area contributed by atoms with E-state index >= 15 is 0 Å². The molecule has 0 aromatic carbocycles.